The number of rotatable bonds is 3. The second-order valence-corrected chi connectivity index (χ2v) is 5.16. The van der Waals surface area contributed by atoms with Gasteiger partial charge in [-0.3, -0.25) is 0 Å². The summed E-state index contributed by atoms with van der Waals surface area (Å²) in [5, 5.41) is 4.09. The summed E-state index contributed by atoms with van der Waals surface area (Å²) in [7, 11) is 0. The molecule has 17 heavy (non-hydrogen) atoms. The van der Waals surface area contributed by atoms with Crippen molar-refractivity contribution in [2.75, 3.05) is 6.54 Å². The van der Waals surface area contributed by atoms with Crippen molar-refractivity contribution in [2.45, 2.75) is 45.6 Å². The van der Waals surface area contributed by atoms with Crippen molar-refractivity contribution in [3.05, 3.63) is 33.6 Å². The quantitative estimate of drug-likeness (QED) is 0.855. The molecular formula is C14H19ClFN. The van der Waals surface area contributed by atoms with E-state index in [2.05, 4.69) is 12.2 Å². The molecule has 1 aliphatic carbocycles. The van der Waals surface area contributed by atoms with Crippen molar-refractivity contribution in [1.82, 2.24) is 5.32 Å². The first-order chi connectivity index (χ1) is 8.15. The molecule has 0 heterocycles. The Bertz CT molecular complexity index is 417. The maximum atomic E-state index is 13.8. The minimum Gasteiger partial charge on any atom is -0.310 e. The summed E-state index contributed by atoms with van der Waals surface area (Å²) in [6.07, 6.45) is 4.26. The number of halogens is 2. The van der Waals surface area contributed by atoms with Crippen LogP contribution in [0, 0.1) is 12.7 Å². The van der Waals surface area contributed by atoms with Crippen LogP contribution in [0.2, 0.25) is 5.02 Å². The molecule has 0 amide bonds. The van der Waals surface area contributed by atoms with Gasteiger partial charge in [0.25, 0.3) is 0 Å². The first-order valence-corrected chi connectivity index (χ1v) is 6.73. The average Bonchev–Trinajstić information content (AvgIpc) is 2.33. The van der Waals surface area contributed by atoms with Gasteiger partial charge in [-0.15, -0.1) is 0 Å². The Morgan fingerprint density at radius 2 is 2.29 bits per heavy atom. The second kappa shape index (κ2) is 5.36. The van der Waals surface area contributed by atoms with E-state index in [1.807, 2.05) is 6.92 Å². The van der Waals surface area contributed by atoms with E-state index in [4.69, 9.17) is 11.6 Å². The van der Waals surface area contributed by atoms with Gasteiger partial charge in [0.15, 0.2) is 0 Å². The highest BCUT2D eigenvalue weighted by atomic mass is 35.5. The van der Waals surface area contributed by atoms with Gasteiger partial charge in [0.05, 0.1) is 0 Å². The zero-order valence-electron chi connectivity index (χ0n) is 10.4. The highest BCUT2D eigenvalue weighted by Gasteiger charge is 2.25. The van der Waals surface area contributed by atoms with Crippen LogP contribution in [-0.4, -0.2) is 6.54 Å². The van der Waals surface area contributed by atoms with Crippen molar-refractivity contribution < 1.29 is 4.39 Å². The van der Waals surface area contributed by atoms with Crippen molar-refractivity contribution >= 4 is 11.6 Å². The van der Waals surface area contributed by atoms with Crippen LogP contribution in [0.4, 0.5) is 4.39 Å². The van der Waals surface area contributed by atoms with E-state index < -0.39 is 0 Å². The molecule has 0 saturated heterocycles. The molecule has 0 aliphatic heterocycles. The molecule has 0 radical (unpaired) electrons. The fourth-order valence-corrected chi connectivity index (χ4v) is 2.96. The van der Waals surface area contributed by atoms with Crippen LogP contribution in [0.5, 0.6) is 0 Å². The molecule has 0 fully saturated rings. The fourth-order valence-electron chi connectivity index (χ4n) is 2.67. The summed E-state index contributed by atoms with van der Waals surface area (Å²) < 4.78 is 13.8. The molecule has 1 aliphatic rings. The van der Waals surface area contributed by atoms with E-state index in [0.29, 0.717) is 5.02 Å². The molecular weight excluding hydrogens is 237 g/mol. The molecule has 1 N–H and O–H groups in total. The lowest BCUT2D eigenvalue weighted by Crippen LogP contribution is -2.27. The maximum Gasteiger partial charge on any atom is 0.127 e. The first-order valence-electron chi connectivity index (χ1n) is 6.36. The summed E-state index contributed by atoms with van der Waals surface area (Å²) in [5.41, 5.74) is 3.01. The van der Waals surface area contributed by atoms with Crippen LogP contribution in [0.15, 0.2) is 6.07 Å². The monoisotopic (exact) mass is 255 g/mol. The molecule has 94 valence electrons. The van der Waals surface area contributed by atoms with E-state index in [1.165, 1.54) is 6.07 Å². The zero-order chi connectivity index (χ0) is 12.4. The highest BCUT2D eigenvalue weighted by Crippen LogP contribution is 2.37. The van der Waals surface area contributed by atoms with E-state index in [9.17, 15) is 4.39 Å². The summed E-state index contributed by atoms with van der Waals surface area (Å²) in [4.78, 5) is 0. The molecule has 0 saturated carbocycles. The van der Waals surface area contributed by atoms with Crippen LogP contribution >= 0.6 is 11.6 Å². The fraction of sp³-hybridized carbons (Fsp3) is 0.571. The largest absolute Gasteiger partial charge is 0.310 e. The van der Waals surface area contributed by atoms with Gasteiger partial charge in [-0.25, -0.2) is 4.39 Å². The van der Waals surface area contributed by atoms with Crippen LogP contribution in [0.1, 0.15) is 48.9 Å². The van der Waals surface area contributed by atoms with Gasteiger partial charge in [-0.1, -0.05) is 18.5 Å². The molecule has 0 bridgehead atoms. The van der Waals surface area contributed by atoms with Gasteiger partial charge < -0.3 is 5.32 Å². The highest BCUT2D eigenvalue weighted by molar-refractivity contribution is 6.31. The van der Waals surface area contributed by atoms with Crippen LogP contribution in [0.3, 0.4) is 0 Å². The second-order valence-electron chi connectivity index (χ2n) is 4.76. The number of fused-ring (bicyclic) bond motifs is 1. The third-order valence-electron chi connectivity index (χ3n) is 3.54. The maximum absolute atomic E-state index is 13.8. The minimum absolute atomic E-state index is 0.182. The molecule has 1 aromatic rings. The van der Waals surface area contributed by atoms with Crippen molar-refractivity contribution in [3.8, 4) is 0 Å². The van der Waals surface area contributed by atoms with Crippen molar-refractivity contribution in [3.63, 3.8) is 0 Å². The zero-order valence-corrected chi connectivity index (χ0v) is 11.2. The number of hydrogen-bond donors (Lipinski definition) is 1. The third kappa shape index (κ3) is 2.48. The van der Waals surface area contributed by atoms with E-state index in [-0.39, 0.29) is 11.9 Å². The summed E-state index contributed by atoms with van der Waals surface area (Å²) >= 11 is 6.15. The Balaban J connectivity index is 2.41. The molecule has 1 aromatic carbocycles. The molecule has 1 unspecified atom stereocenters. The van der Waals surface area contributed by atoms with Gasteiger partial charge in [0, 0.05) is 11.1 Å². The van der Waals surface area contributed by atoms with Crippen molar-refractivity contribution in [2.24, 2.45) is 0 Å². The van der Waals surface area contributed by atoms with Crippen LogP contribution in [0.25, 0.3) is 0 Å². The molecule has 0 spiro atoms. The van der Waals surface area contributed by atoms with Gasteiger partial charge in [0.1, 0.15) is 5.82 Å². The van der Waals surface area contributed by atoms with E-state index in [1.54, 1.807) is 0 Å². The van der Waals surface area contributed by atoms with Gasteiger partial charge >= 0.3 is 0 Å². The van der Waals surface area contributed by atoms with Gasteiger partial charge in [0.2, 0.25) is 0 Å². The molecule has 0 aromatic heterocycles. The standard InChI is InChI=1S/C14H19ClFN/c1-3-7-17-13-6-4-5-10-11(15)8-12(16)9(2)14(10)13/h8,13,17H,3-7H2,1-2H3. The normalized spacial score (nSPS) is 19.2. The summed E-state index contributed by atoms with van der Waals surface area (Å²) in [6.45, 7) is 4.97. The van der Waals surface area contributed by atoms with Crippen LogP contribution < -0.4 is 5.32 Å². The Hall–Kier alpha value is -0.600. The molecule has 1 nitrogen and oxygen atoms in total. The molecule has 2 rings (SSSR count). The van der Waals surface area contributed by atoms with Gasteiger partial charge in [-0.05, 0) is 61.9 Å². The topological polar surface area (TPSA) is 12.0 Å². The molecule has 3 heteroatoms. The lowest BCUT2D eigenvalue weighted by Gasteiger charge is -2.29. The predicted molar refractivity (Wildman–Crippen MR) is 70.1 cm³/mol. The number of benzene rings is 1. The number of hydrogen-bond acceptors (Lipinski definition) is 1. The van der Waals surface area contributed by atoms with Crippen LogP contribution in [-0.2, 0) is 6.42 Å². The SMILES string of the molecule is CCCNC1CCCc2c(Cl)cc(F)c(C)c21. The third-order valence-corrected chi connectivity index (χ3v) is 3.88. The van der Waals surface area contributed by atoms with E-state index >= 15 is 0 Å². The first kappa shape index (κ1) is 12.8. The summed E-state index contributed by atoms with van der Waals surface area (Å²) in [6, 6.07) is 1.73. The lowest BCUT2D eigenvalue weighted by atomic mass is 9.84. The molecule has 1 atom stereocenters. The summed E-state index contributed by atoms with van der Waals surface area (Å²) in [5.74, 6) is -0.182. The number of nitrogens with one attached hydrogen (secondary N) is 1. The Labute approximate surface area is 107 Å². The van der Waals surface area contributed by atoms with E-state index in [0.717, 1.165) is 48.9 Å². The predicted octanol–water partition coefficient (Wildman–Crippen LogP) is 4.16. The van der Waals surface area contributed by atoms with Crippen molar-refractivity contribution in [1.29, 1.82) is 0 Å². The minimum atomic E-state index is -0.182. The lowest BCUT2D eigenvalue weighted by molar-refractivity contribution is 0.454. The Morgan fingerprint density at radius 3 is 3.00 bits per heavy atom. The Kier molecular flexibility index (Phi) is 4.05. The smallest absolute Gasteiger partial charge is 0.127 e. The average molecular weight is 256 g/mol. The Morgan fingerprint density at radius 1 is 1.53 bits per heavy atom. The van der Waals surface area contributed by atoms with Gasteiger partial charge in [-0.2, -0.15) is 0 Å².